The number of ether oxygens (including phenoxy) is 1. The number of aliphatic hydroxyl groups is 4. The van der Waals surface area contributed by atoms with Crippen LogP contribution in [-0.2, 0) is 14.3 Å². The number of anilines is 1. The largest absolute Gasteiger partial charge is 0.394 e. The molecule has 6 atom stereocenters. The van der Waals surface area contributed by atoms with E-state index in [1.54, 1.807) is 0 Å². The Balaban J connectivity index is 1.46. The molecule has 8 N–H and O–H groups in total. The summed E-state index contributed by atoms with van der Waals surface area (Å²) >= 11 is 0. The van der Waals surface area contributed by atoms with Gasteiger partial charge in [-0.3, -0.25) is 9.59 Å². The third-order valence-corrected chi connectivity index (χ3v) is 6.96. The minimum atomic E-state index is -1.59. The first-order chi connectivity index (χ1) is 19.2. The van der Waals surface area contributed by atoms with Crippen LogP contribution in [0.1, 0.15) is 65.2 Å². The Labute approximate surface area is 233 Å². The molecule has 2 aromatic rings. The maximum absolute atomic E-state index is 12.6. The predicted octanol–water partition coefficient (Wildman–Crippen LogP) is -0.0575. The van der Waals surface area contributed by atoms with Crippen molar-refractivity contribution in [2.24, 2.45) is 5.92 Å². The van der Waals surface area contributed by atoms with Crippen LogP contribution in [0.5, 0.6) is 0 Å². The number of hydrogen-bond acceptors (Lipinski definition) is 11. The summed E-state index contributed by atoms with van der Waals surface area (Å²) < 4.78 is 5.77. The molecule has 0 spiro atoms. The summed E-state index contributed by atoms with van der Waals surface area (Å²) in [6, 6.07) is -1.27. The predicted molar refractivity (Wildman–Crippen MR) is 146 cm³/mol. The summed E-state index contributed by atoms with van der Waals surface area (Å²) in [5, 5.41) is 49.4. The lowest BCUT2D eigenvalue weighted by Crippen LogP contribution is -2.68. The van der Waals surface area contributed by atoms with Gasteiger partial charge in [0.15, 0.2) is 17.7 Å². The fourth-order valence-corrected chi connectivity index (χ4v) is 4.70. The van der Waals surface area contributed by atoms with Crippen LogP contribution in [0.2, 0.25) is 0 Å². The number of aromatic nitrogens is 4. The Kier molecular flexibility index (Phi) is 12.5. The normalized spacial score (nSPS) is 23.7. The monoisotopic (exact) mass is 565 g/mol. The molecule has 2 aromatic heterocycles. The summed E-state index contributed by atoms with van der Waals surface area (Å²) in [5.74, 6) is 0.0487. The van der Waals surface area contributed by atoms with Crippen molar-refractivity contribution in [3.05, 3.63) is 12.7 Å². The molecule has 1 saturated heterocycles. The lowest BCUT2D eigenvalue weighted by Gasteiger charge is -2.44. The van der Waals surface area contributed by atoms with Gasteiger partial charge < -0.3 is 46.1 Å². The van der Waals surface area contributed by atoms with Gasteiger partial charge in [0.25, 0.3) is 0 Å². The number of rotatable bonds is 16. The third kappa shape index (κ3) is 9.06. The highest BCUT2D eigenvalue weighted by atomic mass is 16.5. The molecule has 0 aromatic carbocycles. The first kappa shape index (κ1) is 31.6. The van der Waals surface area contributed by atoms with Gasteiger partial charge in [-0.1, -0.05) is 52.4 Å². The number of aromatic amines is 1. The number of imidazole rings is 1. The number of carbonyl (C=O) groups is 2. The van der Waals surface area contributed by atoms with Gasteiger partial charge in [-0.15, -0.1) is 0 Å². The van der Waals surface area contributed by atoms with Crippen LogP contribution in [0.25, 0.3) is 11.2 Å². The van der Waals surface area contributed by atoms with Gasteiger partial charge in [-0.05, 0) is 12.3 Å². The van der Waals surface area contributed by atoms with E-state index in [2.05, 4.69) is 49.7 Å². The smallest absolute Gasteiger partial charge is 0.239 e. The average Bonchev–Trinajstić information content (AvgIpc) is 3.42. The maximum Gasteiger partial charge on any atom is 0.239 e. The van der Waals surface area contributed by atoms with Crippen LogP contribution in [0.3, 0.4) is 0 Å². The molecule has 0 aliphatic carbocycles. The Morgan fingerprint density at radius 1 is 1.02 bits per heavy atom. The van der Waals surface area contributed by atoms with E-state index in [4.69, 9.17) is 4.74 Å². The van der Waals surface area contributed by atoms with Crippen LogP contribution in [-0.4, -0.2) is 102 Å². The van der Waals surface area contributed by atoms with Crippen LogP contribution in [0.4, 0.5) is 5.82 Å². The van der Waals surface area contributed by atoms with Gasteiger partial charge in [0.1, 0.15) is 36.3 Å². The second-order valence-corrected chi connectivity index (χ2v) is 10.6. The number of hydrogen-bond donors (Lipinski definition) is 8. The number of aliphatic hydroxyl groups excluding tert-OH is 4. The van der Waals surface area contributed by atoms with Crippen molar-refractivity contribution in [2.75, 3.05) is 18.5 Å². The van der Waals surface area contributed by atoms with E-state index in [0.29, 0.717) is 17.6 Å². The standard InChI is InChI=1S/C26H43N7O7/c1-15(2)9-7-5-3-4-6-8-10-17(36)27-11-18(37)32-19-21(38)22(39)26(40-23(19)16(35)12-34)33-25-20-24(29-13-28-20)30-14-31-25/h13-16,19,21-23,26,34-35,38-39H,3-12H2,1-2H3,(H,27,36)(H,32,37)(H2,28,29,30,31,33). The molecule has 14 nitrogen and oxygen atoms in total. The van der Waals surface area contributed by atoms with Crippen molar-refractivity contribution in [2.45, 2.75) is 102 Å². The van der Waals surface area contributed by atoms with Crippen molar-refractivity contribution in [1.82, 2.24) is 30.6 Å². The molecule has 1 aliphatic heterocycles. The SMILES string of the molecule is CC(C)CCCCCCCCC(=O)NCC(=O)NC1C(O)C(O)C(Nc2ncnc3nc[nH]c23)OC1C(O)CO. The number of nitrogens with zero attached hydrogens (tertiary/aromatic N) is 3. The van der Waals surface area contributed by atoms with Crippen LogP contribution in [0.15, 0.2) is 12.7 Å². The van der Waals surface area contributed by atoms with E-state index in [-0.39, 0.29) is 18.3 Å². The molecule has 14 heteroatoms. The number of H-pyrrole nitrogens is 1. The van der Waals surface area contributed by atoms with Gasteiger partial charge in [0.05, 0.1) is 25.5 Å². The quantitative estimate of drug-likeness (QED) is 0.126. The molecule has 1 fully saturated rings. The third-order valence-electron chi connectivity index (χ3n) is 6.96. The molecule has 0 bridgehead atoms. The zero-order valence-electron chi connectivity index (χ0n) is 23.1. The van der Waals surface area contributed by atoms with E-state index in [1.165, 1.54) is 31.9 Å². The van der Waals surface area contributed by atoms with Gasteiger partial charge >= 0.3 is 0 Å². The number of unbranched alkanes of at least 4 members (excludes halogenated alkanes) is 5. The molecule has 1 aliphatic rings. The van der Waals surface area contributed by atoms with Crippen molar-refractivity contribution >= 4 is 28.8 Å². The molecule has 3 heterocycles. The number of fused-ring (bicyclic) bond motifs is 1. The van der Waals surface area contributed by atoms with Crippen LogP contribution >= 0.6 is 0 Å². The molecule has 224 valence electrons. The molecule has 6 unspecified atom stereocenters. The van der Waals surface area contributed by atoms with Gasteiger partial charge in [-0.25, -0.2) is 15.0 Å². The van der Waals surface area contributed by atoms with E-state index < -0.39 is 49.2 Å². The Morgan fingerprint density at radius 3 is 2.48 bits per heavy atom. The first-order valence-corrected chi connectivity index (χ1v) is 14.0. The highest BCUT2D eigenvalue weighted by Crippen LogP contribution is 2.26. The fourth-order valence-electron chi connectivity index (χ4n) is 4.70. The molecular weight excluding hydrogens is 522 g/mol. The van der Waals surface area contributed by atoms with Crippen LogP contribution in [0, 0.1) is 5.92 Å². The van der Waals surface area contributed by atoms with Crippen molar-refractivity contribution < 1.29 is 34.8 Å². The molecule has 0 saturated carbocycles. The van der Waals surface area contributed by atoms with E-state index in [1.807, 2.05) is 0 Å². The molecule has 3 rings (SSSR count). The average molecular weight is 566 g/mol. The Bertz CT molecular complexity index is 1070. The lowest BCUT2D eigenvalue weighted by molar-refractivity contribution is -0.204. The summed E-state index contributed by atoms with van der Waals surface area (Å²) in [4.78, 5) is 39.7. The van der Waals surface area contributed by atoms with E-state index in [9.17, 15) is 30.0 Å². The van der Waals surface area contributed by atoms with E-state index in [0.717, 1.165) is 31.6 Å². The van der Waals surface area contributed by atoms with Crippen LogP contribution < -0.4 is 16.0 Å². The minimum absolute atomic E-state index is 0.229. The highest BCUT2D eigenvalue weighted by Gasteiger charge is 2.48. The zero-order chi connectivity index (χ0) is 29.1. The molecule has 0 radical (unpaired) electrons. The van der Waals surface area contributed by atoms with Crippen molar-refractivity contribution in [3.63, 3.8) is 0 Å². The Hall–Kier alpha value is -2.91. The molecule has 40 heavy (non-hydrogen) atoms. The number of carbonyl (C=O) groups excluding carboxylic acids is 2. The number of nitrogens with one attached hydrogen (secondary N) is 4. The fraction of sp³-hybridized carbons (Fsp3) is 0.731. The minimum Gasteiger partial charge on any atom is -0.394 e. The highest BCUT2D eigenvalue weighted by molar-refractivity contribution is 5.85. The van der Waals surface area contributed by atoms with Gasteiger partial charge in [0.2, 0.25) is 11.8 Å². The Morgan fingerprint density at radius 2 is 1.75 bits per heavy atom. The second-order valence-electron chi connectivity index (χ2n) is 10.6. The second kappa shape index (κ2) is 15.8. The first-order valence-electron chi connectivity index (χ1n) is 14.0. The molecule has 2 amide bonds. The summed E-state index contributed by atoms with van der Waals surface area (Å²) in [6.45, 7) is 3.37. The topological polar surface area (TPSA) is 215 Å². The van der Waals surface area contributed by atoms with E-state index >= 15 is 0 Å². The summed E-state index contributed by atoms with van der Waals surface area (Å²) in [6.07, 6.45) is 3.36. The van der Waals surface area contributed by atoms with Gasteiger partial charge in [-0.2, -0.15) is 0 Å². The molecular formula is C26H43N7O7. The lowest BCUT2D eigenvalue weighted by atomic mass is 9.92. The van der Waals surface area contributed by atoms with Crippen molar-refractivity contribution in [3.8, 4) is 0 Å². The van der Waals surface area contributed by atoms with Gasteiger partial charge in [0, 0.05) is 6.42 Å². The summed E-state index contributed by atoms with van der Waals surface area (Å²) in [7, 11) is 0. The number of amides is 2. The summed E-state index contributed by atoms with van der Waals surface area (Å²) in [5.41, 5.74) is 0.791. The maximum atomic E-state index is 12.6. The van der Waals surface area contributed by atoms with Crippen molar-refractivity contribution in [1.29, 1.82) is 0 Å². The zero-order valence-corrected chi connectivity index (χ0v) is 23.1.